The SMILES string of the molecule is CC(C)(C)c1ccc(C(=O)Nc2cc(C(=O)NC3CCC(N)CC3)ccc2N2CCN(C(=O)C3CCC3)CC2)cc1. The Bertz CT molecular complexity index is 1250. The Hall–Kier alpha value is -3.39. The quantitative estimate of drug-likeness (QED) is 0.476. The van der Waals surface area contributed by atoms with E-state index < -0.39 is 0 Å². The summed E-state index contributed by atoms with van der Waals surface area (Å²) in [5, 5.41) is 6.26. The van der Waals surface area contributed by atoms with Gasteiger partial charge in [-0.05, 0) is 79.8 Å². The highest BCUT2D eigenvalue weighted by Gasteiger charge is 2.32. The fourth-order valence-electron chi connectivity index (χ4n) is 5.98. The van der Waals surface area contributed by atoms with E-state index in [9.17, 15) is 14.4 Å². The predicted molar refractivity (Wildman–Crippen MR) is 163 cm³/mol. The number of nitrogens with one attached hydrogen (secondary N) is 2. The number of carbonyl (C=O) groups excluding carboxylic acids is 3. The van der Waals surface area contributed by atoms with E-state index in [1.54, 1.807) is 6.07 Å². The van der Waals surface area contributed by atoms with Crippen molar-refractivity contribution in [2.24, 2.45) is 11.7 Å². The minimum atomic E-state index is -0.218. The van der Waals surface area contributed by atoms with Crippen LogP contribution in [0.2, 0.25) is 0 Å². The zero-order chi connectivity index (χ0) is 29.1. The number of nitrogens with zero attached hydrogens (tertiary/aromatic N) is 2. The molecule has 8 heteroatoms. The number of amides is 3. The summed E-state index contributed by atoms with van der Waals surface area (Å²) in [6.45, 7) is 9.10. The van der Waals surface area contributed by atoms with Crippen molar-refractivity contribution in [3.05, 3.63) is 59.2 Å². The fourth-order valence-corrected chi connectivity index (χ4v) is 5.98. The molecule has 8 nitrogen and oxygen atoms in total. The zero-order valence-corrected chi connectivity index (χ0v) is 24.7. The van der Waals surface area contributed by atoms with Crippen LogP contribution in [0, 0.1) is 5.92 Å². The number of anilines is 2. The van der Waals surface area contributed by atoms with E-state index in [-0.39, 0.29) is 41.1 Å². The molecule has 2 saturated carbocycles. The number of benzene rings is 2. The molecule has 1 aliphatic heterocycles. The summed E-state index contributed by atoms with van der Waals surface area (Å²) in [6, 6.07) is 13.6. The molecule has 0 radical (unpaired) electrons. The molecule has 3 amide bonds. The minimum Gasteiger partial charge on any atom is -0.366 e. The monoisotopic (exact) mass is 559 g/mol. The molecule has 1 heterocycles. The molecule has 0 atom stereocenters. The number of piperazine rings is 1. The average Bonchev–Trinajstić information content (AvgIpc) is 2.93. The molecule has 2 aliphatic carbocycles. The van der Waals surface area contributed by atoms with E-state index in [1.165, 1.54) is 0 Å². The molecule has 0 spiro atoms. The van der Waals surface area contributed by atoms with Gasteiger partial charge in [-0.25, -0.2) is 0 Å². The lowest BCUT2D eigenvalue weighted by atomic mass is 9.84. The molecule has 2 aromatic carbocycles. The van der Waals surface area contributed by atoms with Crippen LogP contribution in [0.25, 0.3) is 0 Å². The van der Waals surface area contributed by atoms with Gasteiger partial charge in [0.05, 0.1) is 11.4 Å². The van der Waals surface area contributed by atoms with E-state index in [0.717, 1.165) is 56.2 Å². The summed E-state index contributed by atoms with van der Waals surface area (Å²) in [4.78, 5) is 43.6. The molecular weight excluding hydrogens is 514 g/mol. The van der Waals surface area contributed by atoms with Gasteiger partial charge in [0.25, 0.3) is 11.8 Å². The van der Waals surface area contributed by atoms with Crippen LogP contribution in [0.4, 0.5) is 11.4 Å². The van der Waals surface area contributed by atoms with Crippen LogP contribution in [-0.2, 0) is 10.2 Å². The normalized spacial score (nSPS) is 21.7. The number of hydrogen-bond acceptors (Lipinski definition) is 5. The maximum Gasteiger partial charge on any atom is 0.255 e. The lowest BCUT2D eigenvalue weighted by Crippen LogP contribution is -2.51. The topological polar surface area (TPSA) is 108 Å². The lowest BCUT2D eigenvalue weighted by molar-refractivity contribution is -0.138. The van der Waals surface area contributed by atoms with Gasteiger partial charge in [-0.15, -0.1) is 0 Å². The van der Waals surface area contributed by atoms with E-state index in [0.29, 0.717) is 43.0 Å². The largest absolute Gasteiger partial charge is 0.366 e. The third-order valence-corrected chi connectivity index (χ3v) is 9.01. The Labute approximate surface area is 244 Å². The Morgan fingerprint density at radius 2 is 1.44 bits per heavy atom. The maximum atomic E-state index is 13.4. The first-order valence-corrected chi connectivity index (χ1v) is 15.2. The van der Waals surface area contributed by atoms with Gasteiger partial charge in [0, 0.05) is 55.3 Å². The van der Waals surface area contributed by atoms with Crippen molar-refractivity contribution in [3.63, 3.8) is 0 Å². The molecule has 0 aromatic heterocycles. The third-order valence-electron chi connectivity index (χ3n) is 9.01. The van der Waals surface area contributed by atoms with Crippen molar-refractivity contribution in [2.75, 3.05) is 36.4 Å². The minimum absolute atomic E-state index is 0.00453. The summed E-state index contributed by atoms with van der Waals surface area (Å²) in [5.41, 5.74) is 9.74. The molecular formula is C33H45N5O3. The average molecular weight is 560 g/mol. The maximum absolute atomic E-state index is 13.4. The summed E-state index contributed by atoms with van der Waals surface area (Å²) in [6.07, 6.45) is 6.73. The van der Waals surface area contributed by atoms with Crippen molar-refractivity contribution in [3.8, 4) is 0 Å². The number of nitrogens with two attached hydrogens (primary N) is 1. The molecule has 220 valence electrons. The Kier molecular flexibility index (Phi) is 8.68. The van der Waals surface area contributed by atoms with Crippen LogP contribution in [0.1, 0.15) is 92.0 Å². The highest BCUT2D eigenvalue weighted by molar-refractivity contribution is 6.07. The van der Waals surface area contributed by atoms with Gasteiger partial charge in [-0.3, -0.25) is 14.4 Å². The van der Waals surface area contributed by atoms with Crippen LogP contribution in [0.3, 0.4) is 0 Å². The highest BCUT2D eigenvalue weighted by Crippen LogP contribution is 2.32. The summed E-state index contributed by atoms with van der Waals surface area (Å²) < 4.78 is 0. The number of carbonyl (C=O) groups is 3. The molecule has 2 aromatic rings. The smallest absolute Gasteiger partial charge is 0.255 e. The van der Waals surface area contributed by atoms with Gasteiger partial charge in [0.15, 0.2) is 0 Å². The molecule has 41 heavy (non-hydrogen) atoms. The van der Waals surface area contributed by atoms with Crippen molar-refractivity contribution in [2.45, 2.75) is 83.2 Å². The third kappa shape index (κ3) is 6.92. The van der Waals surface area contributed by atoms with E-state index in [2.05, 4.69) is 36.3 Å². The van der Waals surface area contributed by atoms with Crippen molar-refractivity contribution < 1.29 is 14.4 Å². The Morgan fingerprint density at radius 3 is 2.02 bits per heavy atom. The second-order valence-corrected chi connectivity index (χ2v) is 13.0. The lowest BCUT2D eigenvalue weighted by Gasteiger charge is -2.39. The van der Waals surface area contributed by atoms with Crippen LogP contribution in [0.15, 0.2) is 42.5 Å². The molecule has 0 bridgehead atoms. The van der Waals surface area contributed by atoms with Crippen molar-refractivity contribution >= 4 is 29.1 Å². The second-order valence-electron chi connectivity index (χ2n) is 13.0. The van der Waals surface area contributed by atoms with Crippen molar-refractivity contribution in [1.29, 1.82) is 0 Å². The fraction of sp³-hybridized carbons (Fsp3) is 0.545. The first-order valence-electron chi connectivity index (χ1n) is 15.2. The molecule has 1 saturated heterocycles. The van der Waals surface area contributed by atoms with E-state index in [4.69, 9.17) is 5.73 Å². The van der Waals surface area contributed by atoms with Crippen LogP contribution >= 0.6 is 0 Å². The summed E-state index contributed by atoms with van der Waals surface area (Å²) in [7, 11) is 0. The van der Waals surface area contributed by atoms with Gasteiger partial charge in [-0.2, -0.15) is 0 Å². The highest BCUT2D eigenvalue weighted by atomic mass is 16.2. The second kappa shape index (κ2) is 12.2. The Balaban J connectivity index is 1.34. The molecule has 4 N–H and O–H groups in total. The summed E-state index contributed by atoms with van der Waals surface area (Å²) in [5.74, 6) is 0.111. The predicted octanol–water partition coefficient (Wildman–Crippen LogP) is 4.68. The van der Waals surface area contributed by atoms with Gasteiger partial charge in [0.1, 0.15) is 0 Å². The first-order chi connectivity index (χ1) is 19.6. The van der Waals surface area contributed by atoms with Crippen LogP contribution in [-0.4, -0.2) is 60.9 Å². The first kappa shape index (κ1) is 29.1. The standard InChI is InChI=1S/C33H45N5O3/c1-33(2,3)25-10-7-22(8-11-25)30(39)36-28-21-24(31(40)35-27-14-12-26(34)13-15-27)9-16-29(28)37-17-19-38(20-18-37)32(41)23-5-4-6-23/h7-11,16,21,23,26-27H,4-6,12-15,17-20,34H2,1-3H3,(H,35,40)(H,36,39). The molecule has 3 aliphatic rings. The van der Waals surface area contributed by atoms with E-state index >= 15 is 0 Å². The zero-order valence-electron chi connectivity index (χ0n) is 24.7. The van der Waals surface area contributed by atoms with Crippen LogP contribution < -0.4 is 21.3 Å². The number of hydrogen-bond donors (Lipinski definition) is 3. The van der Waals surface area contributed by atoms with Gasteiger partial charge < -0.3 is 26.2 Å². The Morgan fingerprint density at radius 1 is 0.805 bits per heavy atom. The molecule has 5 rings (SSSR count). The number of rotatable bonds is 6. The van der Waals surface area contributed by atoms with Gasteiger partial charge >= 0.3 is 0 Å². The van der Waals surface area contributed by atoms with Crippen LogP contribution in [0.5, 0.6) is 0 Å². The molecule has 0 unspecified atom stereocenters. The molecule has 3 fully saturated rings. The van der Waals surface area contributed by atoms with Crippen molar-refractivity contribution in [1.82, 2.24) is 10.2 Å². The van der Waals surface area contributed by atoms with Gasteiger partial charge in [-0.1, -0.05) is 39.3 Å². The van der Waals surface area contributed by atoms with E-state index in [1.807, 2.05) is 41.3 Å². The van der Waals surface area contributed by atoms with Gasteiger partial charge in [0.2, 0.25) is 5.91 Å². The summed E-state index contributed by atoms with van der Waals surface area (Å²) >= 11 is 0.